The quantitative estimate of drug-likeness (QED) is 0.877. The minimum atomic E-state index is 0.179. The fourth-order valence-electron chi connectivity index (χ4n) is 1.54. The molecule has 1 heterocycles. The molecule has 0 amide bonds. The Morgan fingerprint density at radius 3 is 2.75 bits per heavy atom. The highest BCUT2D eigenvalue weighted by atomic mass is 32.1. The van der Waals surface area contributed by atoms with Crippen molar-refractivity contribution in [3.63, 3.8) is 0 Å². The minimum Gasteiger partial charge on any atom is -0.504 e. The third kappa shape index (κ3) is 2.04. The largest absolute Gasteiger partial charge is 0.504 e. The second-order valence-corrected chi connectivity index (χ2v) is 4.47. The highest BCUT2D eigenvalue weighted by molar-refractivity contribution is 7.13. The lowest BCUT2D eigenvalue weighted by atomic mass is 10.1. The number of phenols is 1. The monoisotopic (exact) mass is 234 g/mol. The topological polar surface area (TPSA) is 29.5 Å². The molecule has 0 aliphatic rings. The molecule has 0 aliphatic heterocycles. The van der Waals surface area contributed by atoms with Crippen LogP contribution in [0.15, 0.2) is 29.6 Å². The number of ether oxygens (including phenoxy) is 1. The molecule has 0 aliphatic carbocycles. The molecule has 0 saturated carbocycles. The lowest BCUT2D eigenvalue weighted by Crippen LogP contribution is -1.84. The van der Waals surface area contributed by atoms with Gasteiger partial charge in [-0.25, -0.2) is 0 Å². The van der Waals surface area contributed by atoms with Crippen molar-refractivity contribution >= 4 is 11.3 Å². The van der Waals surface area contributed by atoms with Crippen LogP contribution in [-0.4, -0.2) is 12.2 Å². The Kier molecular flexibility index (Phi) is 3.15. The van der Waals surface area contributed by atoms with Gasteiger partial charge in [0.05, 0.1) is 7.11 Å². The molecule has 0 unspecified atom stereocenters. The molecule has 1 aromatic heterocycles. The Labute approximate surface area is 99.1 Å². The predicted molar refractivity (Wildman–Crippen MR) is 67.3 cm³/mol. The van der Waals surface area contributed by atoms with Gasteiger partial charge in [-0.3, -0.25) is 0 Å². The zero-order valence-corrected chi connectivity index (χ0v) is 10.2. The Hall–Kier alpha value is -1.48. The van der Waals surface area contributed by atoms with E-state index in [1.165, 1.54) is 10.4 Å². The molecule has 84 valence electrons. The van der Waals surface area contributed by atoms with Crippen LogP contribution in [0.2, 0.25) is 0 Å². The number of thiophene rings is 1. The SMILES string of the molecule is CCc1csc(-c2ccc(O)c(OC)c2)c1. The van der Waals surface area contributed by atoms with Crippen LogP contribution in [0.3, 0.4) is 0 Å². The van der Waals surface area contributed by atoms with Crippen LogP contribution in [0.25, 0.3) is 10.4 Å². The molecular weight excluding hydrogens is 220 g/mol. The second kappa shape index (κ2) is 4.58. The molecule has 0 radical (unpaired) electrons. The molecule has 1 aromatic carbocycles. The molecule has 16 heavy (non-hydrogen) atoms. The van der Waals surface area contributed by atoms with Crippen molar-refractivity contribution in [1.82, 2.24) is 0 Å². The summed E-state index contributed by atoms with van der Waals surface area (Å²) in [4.78, 5) is 1.20. The Bertz CT molecular complexity index is 488. The number of aryl methyl sites for hydroxylation is 1. The summed E-state index contributed by atoms with van der Waals surface area (Å²) in [6, 6.07) is 7.61. The number of aromatic hydroxyl groups is 1. The van der Waals surface area contributed by atoms with Crippen LogP contribution < -0.4 is 4.74 Å². The number of hydrogen-bond donors (Lipinski definition) is 1. The fraction of sp³-hybridized carbons (Fsp3) is 0.231. The molecule has 2 aromatic rings. The summed E-state index contributed by atoms with van der Waals surface area (Å²) in [6.45, 7) is 2.14. The standard InChI is InChI=1S/C13H14O2S/c1-3-9-6-13(16-8-9)10-4-5-11(14)12(7-10)15-2/h4-8,14H,3H2,1-2H3. The molecule has 2 nitrogen and oxygen atoms in total. The van der Waals surface area contributed by atoms with Crippen molar-refractivity contribution in [2.75, 3.05) is 7.11 Å². The van der Waals surface area contributed by atoms with Crippen molar-refractivity contribution in [1.29, 1.82) is 0 Å². The van der Waals surface area contributed by atoms with Gasteiger partial charge in [0.2, 0.25) is 0 Å². The molecule has 0 spiro atoms. The fourth-order valence-corrected chi connectivity index (χ4v) is 2.54. The van der Waals surface area contributed by atoms with Crippen LogP contribution in [0.1, 0.15) is 12.5 Å². The van der Waals surface area contributed by atoms with Gasteiger partial charge in [0, 0.05) is 4.88 Å². The van der Waals surface area contributed by atoms with Gasteiger partial charge in [-0.2, -0.15) is 0 Å². The smallest absolute Gasteiger partial charge is 0.161 e. The first kappa shape index (κ1) is 11.0. The number of benzene rings is 1. The molecule has 0 bridgehead atoms. The minimum absolute atomic E-state index is 0.179. The molecule has 0 fully saturated rings. The van der Waals surface area contributed by atoms with E-state index in [2.05, 4.69) is 18.4 Å². The van der Waals surface area contributed by atoms with Gasteiger partial charge < -0.3 is 9.84 Å². The van der Waals surface area contributed by atoms with Gasteiger partial charge in [-0.05, 0) is 47.2 Å². The lowest BCUT2D eigenvalue weighted by molar-refractivity contribution is 0.373. The molecule has 2 rings (SSSR count). The van der Waals surface area contributed by atoms with Crippen molar-refractivity contribution < 1.29 is 9.84 Å². The average Bonchev–Trinajstić information content (AvgIpc) is 2.78. The number of phenolic OH excluding ortho intramolecular Hbond substituents is 1. The van der Waals surface area contributed by atoms with Gasteiger partial charge in [-0.15, -0.1) is 11.3 Å². The van der Waals surface area contributed by atoms with E-state index in [4.69, 9.17) is 4.74 Å². The Balaban J connectivity index is 2.40. The molecular formula is C13H14O2S. The second-order valence-electron chi connectivity index (χ2n) is 3.56. The molecule has 0 atom stereocenters. The average molecular weight is 234 g/mol. The zero-order valence-electron chi connectivity index (χ0n) is 9.36. The van der Waals surface area contributed by atoms with Crippen molar-refractivity contribution in [3.05, 3.63) is 35.2 Å². The maximum Gasteiger partial charge on any atom is 0.161 e. The highest BCUT2D eigenvalue weighted by Gasteiger charge is 2.06. The number of methoxy groups -OCH3 is 1. The summed E-state index contributed by atoms with van der Waals surface area (Å²) in [6.07, 6.45) is 1.05. The van der Waals surface area contributed by atoms with Crippen LogP contribution >= 0.6 is 11.3 Å². The summed E-state index contributed by atoms with van der Waals surface area (Å²) in [5.74, 6) is 0.697. The van der Waals surface area contributed by atoms with E-state index in [1.54, 1.807) is 24.5 Å². The summed E-state index contributed by atoms with van der Waals surface area (Å²) in [7, 11) is 1.56. The van der Waals surface area contributed by atoms with Crippen molar-refractivity contribution in [2.45, 2.75) is 13.3 Å². The van der Waals surface area contributed by atoms with E-state index in [1.807, 2.05) is 12.1 Å². The molecule has 3 heteroatoms. The van der Waals surface area contributed by atoms with Crippen LogP contribution in [0.4, 0.5) is 0 Å². The van der Waals surface area contributed by atoms with E-state index >= 15 is 0 Å². The van der Waals surface area contributed by atoms with E-state index < -0.39 is 0 Å². The third-order valence-corrected chi connectivity index (χ3v) is 3.55. The Morgan fingerprint density at radius 1 is 1.31 bits per heavy atom. The van der Waals surface area contributed by atoms with Gasteiger partial charge in [0.15, 0.2) is 11.5 Å². The van der Waals surface area contributed by atoms with Gasteiger partial charge in [0.1, 0.15) is 0 Å². The normalized spacial score (nSPS) is 10.4. The van der Waals surface area contributed by atoms with E-state index in [-0.39, 0.29) is 5.75 Å². The summed E-state index contributed by atoms with van der Waals surface area (Å²) in [5, 5.41) is 11.7. The molecule has 1 N–H and O–H groups in total. The van der Waals surface area contributed by atoms with E-state index in [9.17, 15) is 5.11 Å². The maximum absolute atomic E-state index is 9.51. The number of rotatable bonds is 3. The van der Waals surface area contributed by atoms with Crippen molar-refractivity contribution in [2.24, 2.45) is 0 Å². The number of hydrogen-bond acceptors (Lipinski definition) is 3. The van der Waals surface area contributed by atoms with Crippen molar-refractivity contribution in [3.8, 4) is 21.9 Å². The highest BCUT2D eigenvalue weighted by Crippen LogP contribution is 2.34. The van der Waals surface area contributed by atoms with Crippen LogP contribution in [0.5, 0.6) is 11.5 Å². The van der Waals surface area contributed by atoms with E-state index in [0.29, 0.717) is 5.75 Å². The first-order chi connectivity index (χ1) is 7.74. The lowest BCUT2D eigenvalue weighted by Gasteiger charge is -2.04. The van der Waals surface area contributed by atoms with Gasteiger partial charge >= 0.3 is 0 Å². The molecule has 0 saturated heterocycles. The first-order valence-corrected chi connectivity index (χ1v) is 6.07. The third-order valence-electron chi connectivity index (χ3n) is 2.53. The summed E-state index contributed by atoms with van der Waals surface area (Å²) < 4.78 is 5.09. The predicted octanol–water partition coefficient (Wildman–Crippen LogP) is 3.69. The van der Waals surface area contributed by atoms with Gasteiger partial charge in [0.25, 0.3) is 0 Å². The van der Waals surface area contributed by atoms with E-state index in [0.717, 1.165) is 12.0 Å². The maximum atomic E-state index is 9.51. The zero-order chi connectivity index (χ0) is 11.5. The summed E-state index contributed by atoms with van der Waals surface area (Å²) in [5.41, 5.74) is 2.42. The van der Waals surface area contributed by atoms with Gasteiger partial charge in [-0.1, -0.05) is 6.92 Å². The van der Waals surface area contributed by atoms with Crippen LogP contribution in [0, 0.1) is 0 Å². The van der Waals surface area contributed by atoms with Crippen LogP contribution in [-0.2, 0) is 6.42 Å². The first-order valence-electron chi connectivity index (χ1n) is 5.19. The summed E-state index contributed by atoms with van der Waals surface area (Å²) >= 11 is 1.72. The Morgan fingerprint density at radius 2 is 2.12 bits per heavy atom.